The van der Waals surface area contributed by atoms with E-state index in [-0.39, 0.29) is 0 Å². The van der Waals surface area contributed by atoms with Crippen molar-refractivity contribution in [2.75, 3.05) is 0 Å². The van der Waals surface area contributed by atoms with Crippen molar-refractivity contribution in [2.45, 2.75) is 6.92 Å². The molecule has 2 nitrogen and oxygen atoms in total. The van der Waals surface area contributed by atoms with Gasteiger partial charge in [0.2, 0.25) is 0 Å². The van der Waals surface area contributed by atoms with Crippen molar-refractivity contribution in [1.82, 2.24) is 9.55 Å². The number of H-pyrrole nitrogens is 1. The maximum Gasteiger partial charge on any atom is 0.182 e. The molecule has 1 aromatic heterocycles. The molecule has 5 heteroatoms. The van der Waals surface area contributed by atoms with E-state index in [0.717, 1.165) is 22.3 Å². The number of fused-ring (bicyclic) bond motifs is 1. The molecule has 0 aliphatic rings. The van der Waals surface area contributed by atoms with Gasteiger partial charge < -0.3 is 4.98 Å². The van der Waals surface area contributed by atoms with Crippen LogP contribution in [0.5, 0.6) is 0 Å². The first-order valence-electron chi connectivity index (χ1n) is 5.73. The van der Waals surface area contributed by atoms with Gasteiger partial charge in [0.05, 0.1) is 16.7 Å². The van der Waals surface area contributed by atoms with Crippen LogP contribution < -0.4 is 0 Å². The van der Waals surface area contributed by atoms with Gasteiger partial charge in [-0.1, -0.05) is 17.7 Å². The van der Waals surface area contributed by atoms with Crippen molar-refractivity contribution in [3.8, 4) is 5.69 Å². The fourth-order valence-electron chi connectivity index (χ4n) is 2.15. The van der Waals surface area contributed by atoms with Gasteiger partial charge in [0.1, 0.15) is 0 Å². The van der Waals surface area contributed by atoms with Gasteiger partial charge in [-0.3, -0.25) is 4.57 Å². The number of halogens is 2. The monoisotopic (exact) mass is 400 g/mol. The third-order valence-electron chi connectivity index (χ3n) is 3.06. The Bertz CT molecular complexity index is 835. The third kappa shape index (κ3) is 2.32. The van der Waals surface area contributed by atoms with Gasteiger partial charge in [0.15, 0.2) is 4.77 Å². The highest BCUT2D eigenvalue weighted by Crippen LogP contribution is 2.25. The zero-order valence-corrected chi connectivity index (χ0v) is 13.8. The van der Waals surface area contributed by atoms with Gasteiger partial charge in [0, 0.05) is 8.59 Å². The van der Waals surface area contributed by atoms with Crippen LogP contribution >= 0.6 is 46.4 Å². The summed E-state index contributed by atoms with van der Waals surface area (Å²) in [7, 11) is 0. The second-order valence-corrected chi connectivity index (χ2v) is 6.43. The average molecular weight is 401 g/mol. The molecule has 19 heavy (non-hydrogen) atoms. The van der Waals surface area contributed by atoms with Gasteiger partial charge in [-0.25, -0.2) is 0 Å². The van der Waals surface area contributed by atoms with E-state index < -0.39 is 0 Å². The van der Waals surface area contributed by atoms with Gasteiger partial charge in [-0.2, -0.15) is 0 Å². The molecule has 0 spiro atoms. The zero-order valence-electron chi connectivity index (χ0n) is 10.1. The largest absolute Gasteiger partial charge is 0.330 e. The predicted molar refractivity (Wildman–Crippen MR) is 90.9 cm³/mol. The molecule has 0 radical (unpaired) electrons. The van der Waals surface area contributed by atoms with E-state index >= 15 is 0 Å². The van der Waals surface area contributed by atoms with Crippen molar-refractivity contribution in [3.63, 3.8) is 0 Å². The van der Waals surface area contributed by atoms with Crippen LogP contribution in [0.1, 0.15) is 5.56 Å². The van der Waals surface area contributed by atoms with Crippen LogP contribution in [0.25, 0.3) is 16.7 Å². The van der Waals surface area contributed by atoms with Crippen LogP contribution in [0.2, 0.25) is 5.02 Å². The van der Waals surface area contributed by atoms with Crippen LogP contribution in [0, 0.1) is 15.3 Å². The molecule has 2 aromatic carbocycles. The molecule has 0 fully saturated rings. The molecule has 0 saturated carbocycles. The molecule has 0 aliphatic heterocycles. The zero-order chi connectivity index (χ0) is 13.6. The van der Waals surface area contributed by atoms with E-state index in [1.54, 1.807) is 0 Å². The van der Waals surface area contributed by atoms with Crippen LogP contribution in [0.15, 0.2) is 36.4 Å². The van der Waals surface area contributed by atoms with Crippen LogP contribution in [-0.2, 0) is 0 Å². The van der Waals surface area contributed by atoms with E-state index in [4.69, 9.17) is 23.8 Å². The highest BCUT2D eigenvalue weighted by atomic mass is 127. The summed E-state index contributed by atoms with van der Waals surface area (Å²) in [6, 6.07) is 12.1. The summed E-state index contributed by atoms with van der Waals surface area (Å²) < 4.78 is 3.89. The van der Waals surface area contributed by atoms with Gasteiger partial charge in [-0.15, -0.1) is 0 Å². The number of benzene rings is 2. The lowest BCUT2D eigenvalue weighted by Crippen LogP contribution is -1.97. The van der Waals surface area contributed by atoms with Crippen molar-refractivity contribution in [3.05, 3.63) is 55.3 Å². The second kappa shape index (κ2) is 4.92. The molecular weight excluding hydrogens is 391 g/mol. The number of aromatic amines is 1. The quantitative estimate of drug-likeness (QED) is 0.437. The maximum atomic E-state index is 6.10. The Morgan fingerprint density at radius 3 is 2.79 bits per heavy atom. The fourth-order valence-corrected chi connectivity index (χ4v) is 3.11. The summed E-state index contributed by atoms with van der Waals surface area (Å²) in [5, 5.41) is 0.711. The second-order valence-electron chi connectivity index (χ2n) is 4.36. The molecule has 0 saturated heterocycles. The van der Waals surface area contributed by atoms with E-state index in [0.29, 0.717) is 9.79 Å². The first-order valence-corrected chi connectivity index (χ1v) is 7.59. The van der Waals surface area contributed by atoms with Crippen LogP contribution in [0.3, 0.4) is 0 Å². The summed E-state index contributed by atoms with van der Waals surface area (Å²) in [5.74, 6) is 0. The molecule has 3 aromatic rings. The number of nitrogens with one attached hydrogen (secondary N) is 1. The number of aryl methyl sites for hydroxylation is 1. The van der Waals surface area contributed by atoms with Crippen molar-refractivity contribution in [1.29, 1.82) is 0 Å². The van der Waals surface area contributed by atoms with Crippen LogP contribution in [-0.4, -0.2) is 9.55 Å². The highest BCUT2D eigenvalue weighted by Gasteiger charge is 2.09. The van der Waals surface area contributed by atoms with Gasteiger partial charge in [-0.05, 0) is 77.6 Å². The summed E-state index contributed by atoms with van der Waals surface area (Å²) in [5.41, 5.74) is 4.26. The Balaban J connectivity index is 2.39. The van der Waals surface area contributed by atoms with Gasteiger partial charge >= 0.3 is 0 Å². The van der Waals surface area contributed by atoms with E-state index in [2.05, 4.69) is 52.7 Å². The molecule has 0 bridgehead atoms. The first-order chi connectivity index (χ1) is 9.06. The smallest absolute Gasteiger partial charge is 0.182 e. The molecule has 1 heterocycles. The SMILES string of the molecule is Cc1ccc(Cl)cc1-n1c(=S)[nH]c2cc(I)ccc21. The van der Waals surface area contributed by atoms with Crippen molar-refractivity contribution < 1.29 is 0 Å². The Morgan fingerprint density at radius 2 is 2.00 bits per heavy atom. The minimum Gasteiger partial charge on any atom is -0.330 e. The number of imidazole rings is 1. The number of aromatic nitrogens is 2. The summed E-state index contributed by atoms with van der Waals surface area (Å²) in [4.78, 5) is 3.24. The molecule has 3 rings (SSSR count). The average Bonchev–Trinajstić information content (AvgIpc) is 2.67. The molecule has 0 aliphatic carbocycles. The summed E-state index contributed by atoms with van der Waals surface area (Å²) in [6.45, 7) is 2.05. The normalized spacial score (nSPS) is 11.1. The third-order valence-corrected chi connectivity index (χ3v) is 4.25. The Kier molecular flexibility index (Phi) is 3.41. The van der Waals surface area contributed by atoms with Crippen molar-refractivity contribution in [2.24, 2.45) is 0 Å². The summed E-state index contributed by atoms with van der Waals surface area (Å²) >= 11 is 13.8. The number of rotatable bonds is 1. The summed E-state index contributed by atoms with van der Waals surface area (Å²) in [6.07, 6.45) is 0. The molecule has 0 atom stereocenters. The minimum absolute atomic E-state index is 0.683. The maximum absolute atomic E-state index is 6.10. The number of nitrogens with zero attached hydrogens (tertiary/aromatic N) is 1. The lowest BCUT2D eigenvalue weighted by Gasteiger charge is -2.09. The number of hydrogen-bond donors (Lipinski definition) is 1. The Hall–Kier alpha value is -0.850. The minimum atomic E-state index is 0.683. The topological polar surface area (TPSA) is 20.7 Å². The van der Waals surface area contributed by atoms with E-state index in [1.807, 2.05) is 22.8 Å². The molecule has 96 valence electrons. The Morgan fingerprint density at radius 1 is 1.21 bits per heavy atom. The van der Waals surface area contributed by atoms with E-state index in [1.165, 1.54) is 3.57 Å². The van der Waals surface area contributed by atoms with Gasteiger partial charge in [0.25, 0.3) is 0 Å². The first kappa shape index (κ1) is 13.1. The lowest BCUT2D eigenvalue weighted by atomic mass is 10.2. The lowest BCUT2D eigenvalue weighted by molar-refractivity contribution is 1.05. The van der Waals surface area contributed by atoms with E-state index in [9.17, 15) is 0 Å². The molecular formula is C14H10ClIN2S. The standard InChI is InChI=1S/C14H10ClIN2S/c1-8-2-3-9(15)6-13(8)18-12-5-4-10(16)7-11(12)17-14(18)19/h2-7H,1H3,(H,17,19). The fraction of sp³-hybridized carbons (Fsp3) is 0.0714. The molecule has 0 amide bonds. The molecule has 0 unspecified atom stereocenters. The highest BCUT2D eigenvalue weighted by molar-refractivity contribution is 14.1. The van der Waals surface area contributed by atoms with Crippen LogP contribution in [0.4, 0.5) is 0 Å². The molecule has 1 N–H and O–H groups in total. The number of hydrogen-bond acceptors (Lipinski definition) is 1. The predicted octanol–water partition coefficient (Wildman–Crippen LogP) is 5.25. The van der Waals surface area contributed by atoms with Crippen molar-refractivity contribution >= 4 is 57.4 Å². The Labute approximate surface area is 134 Å².